The molecule has 6 heteroatoms. The lowest BCUT2D eigenvalue weighted by molar-refractivity contribution is -0.112. The second kappa shape index (κ2) is 10.6. The fourth-order valence-electron chi connectivity index (χ4n) is 2.88. The summed E-state index contributed by atoms with van der Waals surface area (Å²) < 4.78 is 20.0. The number of aryl methyl sites for hydroxylation is 1. The molecular formula is C25H20BrFN2O2. The summed E-state index contributed by atoms with van der Waals surface area (Å²) in [5.41, 5.74) is 2.93. The van der Waals surface area contributed by atoms with E-state index >= 15 is 0 Å². The third-order valence-electron chi connectivity index (χ3n) is 4.54. The van der Waals surface area contributed by atoms with Crippen LogP contribution in [-0.4, -0.2) is 5.91 Å². The number of anilines is 1. The van der Waals surface area contributed by atoms with E-state index in [0.717, 1.165) is 16.5 Å². The van der Waals surface area contributed by atoms with E-state index in [1.54, 1.807) is 42.5 Å². The highest BCUT2D eigenvalue weighted by Gasteiger charge is 2.12. The number of amides is 1. The monoisotopic (exact) mass is 478 g/mol. The molecular weight excluding hydrogens is 459 g/mol. The van der Waals surface area contributed by atoms with Crippen LogP contribution < -0.4 is 10.1 Å². The van der Waals surface area contributed by atoms with E-state index in [9.17, 15) is 14.4 Å². The zero-order valence-corrected chi connectivity index (χ0v) is 18.4. The minimum atomic E-state index is -0.511. The van der Waals surface area contributed by atoms with Gasteiger partial charge in [0, 0.05) is 15.7 Å². The molecule has 0 spiro atoms. The maximum Gasteiger partial charge on any atom is 0.266 e. The Morgan fingerprint density at radius 3 is 2.58 bits per heavy atom. The van der Waals surface area contributed by atoms with Gasteiger partial charge in [0.15, 0.2) is 0 Å². The number of carbonyl (C=O) groups is 1. The van der Waals surface area contributed by atoms with Crippen molar-refractivity contribution in [3.8, 4) is 11.8 Å². The van der Waals surface area contributed by atoms with Crippen LogP contribution in [0.15, 0.2) is 76.8 Å². The highest BCUT2D eigenvalue weighted by molar-refractivity contribution is 9.10. The van der Waals surface area contributed by atoms with E-state index in [1.807, 2.05) is 18.2 Å². The number of rotatable bonds is 7. The predicted octanol–water partition coefficient (Wildman–Crippen LogP) is 6.28. The van der Waals surface area contributed by atoms with Crippen molar-refractivity contribution in [2.75, 3.05) is 5.32 Å². The largest absolute Gasteiger partial charge is 0.488 e. The van der Waals surface area contributed by atoms with Gasteiger partial charge in [-0.1, -0.05) is 47.1 Å². The summed E-state index contributed by atoms with van der Waals surface area (Å²) in [7, 11) is 0. The Labute approximate surface area is 189 Å². The quantitative estimate of drug-likeness (QED) is 0.321. The van der Waals surface area contributed by atoms with Gasteiger partial charge in [-0.3, -0.25) is 4.79 Å². The Morgan fingerprint density at radius 1 is 1.13 bits per heavy atom. The summed E-state index contributed by atoms with van der Waals surface area (Å²) in [5, 5.41) is 12.3. The minimum Gasteiger partial charge on any atom is -0.488 e. The normalized spacial score (nSPS) is 11.0. The van der Waals surface area contributed by atoms with Crippen LogP contribution in [0.2, 0.25) is 0 Å². The van der Waals surface area contributed by atoms with E-state index in [0.29, 0.717) is 22.6 Å². The van der Waals surface area contributed by atoms with Crippen LogP contribution in [0.4, 0.5) is 10.1 Å². The van der Waals surface area contributed by atoms with Crippen LogP contribution in [0.5, 0.6) is 5.75 Å². The van der Waals surface area contributed by atoms with Gasteiger partial charge >= 0.3 is 0 Å². The minimum absolute atomic E-state index is 0.0618. The van der Waals surface area contributed by atoms with Crippen LogP contribution in [0.25, 0.3) is 6.08 Å². The molecule has 0 radical (unpaired) electrons. The molecule has 0 heterocycles. The van der Waals surface area contributed by atoms with E-state index in [4.69, 9.17) is 4.74 Å². The van der Waals surface area contributed by atoms with Crippen LogP contribution >= 0.6 is 15.9 Å². The number of benzene rings is 3. The first-order chi connectivity index (χ1) is 15.0. The molecule has 1 amide bonds. The molecule has 3 aromatic rings. The summed E-state index contributed by atoms with van der Waals surface area (Å²) in [6.45, 7) is 2.20. The van der Waals surface area contributed by atoms with Crippen molar-refractivity contribution in [3.05, 3.63) is 99.3 Å². The molecule has 3 rings (SSSR count). The molecule has 4 nitrogen and oxygen atoms in total. The number of nitrogens with one attached hydrogen (secondary N) is 1. The number of nitriles is 1. The molecule has 3 aromatic carbocycles. The van der Waals surface area contributed by atoms with Gasteiger partial charge in [-0.2, -0.15) is 5.26 Å². The van der Waals surface area contributed by atoms with Crippen molar-refractivity contribution < 1.29 is 13.9 Å². The standard InChI is InChI=1S/C25H20BrFN2O2/c1-2-17-6-9-23(10-7-17)29-25(30)20(15-28)13-19-14-21(26)8-11-24(19)31-16-18-4-3-5-22(27)12-18/h3-14H,2,16H2,1H3,(H,29,30)/b20-13+. The second-order valence-electron chi connectivity index (χ2n) is 6.78. The molecule has 31 heavy (non-hydrogen) atoms. The number of nitrogens with zero attached hydrogens (tertiary/aromatic N) is 1. The highest BCUT2D eigenvalue weighted by atomic mass is 79.9. The lowest BCUT2D eigenvalue weighted by atomic mass is 10.1. The van der Waals surface area contributed by atoms with E-state index in [2.05, 4.69) is 28.2 Å². The zero-order valence-electron chi connectivity index (χ0n) is 16.9. The molecule has 156 valence electrons. The first-order valence-electron chi connectivity index (χ1n) is 9.67. The number of carbonyl (C=O) groups excluding carboxylic acids is 1. The summed E-state index contributed by atoms with van der Waals surface area (Å²) in [4.78, 5) is 12.6. The molecule has 0 atom stereocenters. The fraction of sp³-hybridized carbons (Fsp3) is 0.120. The summed E-state index contributed by atoms with van der Waals surface area (Å²) in [6.07, 6.45) is 2.38. The molecule has 0 bridgehead atoms. The van der Waals surface area contributed by atoms with Crippen LogP contribution in [-0.2, 0) is 17.8 Å². The van der Waals surface area contributed by atoms with Crippen molar-refractivity contribution in [1.82, 2.24) is 0 Å². The highest BCUT2D eigenvalue weighted by Crippen LogP contribution is 2.27. The molecule has 0 saturated carbocycles. The van der Waals surface area contributed by atoms with E-state index in [1.165, 1.54) is 18.2 Å². The maximum atomic E-state index is 13.4. The summed E-state index contributed by atoms with van der Waals surface area (Å²) >= 11 is 3.40. The lowest BCUT2D eigenvalue weighted by Crippen LogP contribution is -2.13. The molecule has 1 N–H and O–H groups in total. The Kier molecular flexibility index (Phi) is 7.58. The van der Waals surface area contributed by atoms with Gasteiger partial charge in [0.1, 0.15) is 29.8 Å². The number of ether oxygens (including phenoxy) is 1. The van der Waals surface area contributed by atoms with Crippen LogP contribution in [0, 0.1) is 17.1 Å². The van der Waals surface area contributed by atoms with Crippen molar-refractivity contribution in [3.63, 3.8) is 0 Å². The first kappa shape index (κ1) is 22.3. The molecule has 0 saturated heterocycles. The molecule has 0 aliphatic heterocycles. The second-order valence-corrected chi connectivity index (χ2v) is 7.69. The van der Waals surface area contributed by atoms with E-state index < -0.39 is 5.91 Å². The molecule has 0 aliphatic rings. The Balaban J connectivity index is 1.81. The zero-order chi connectivity index (χ0) is 22.2. The number of hydrogen-bond donors (Lipinski definition) is 1. The Morgan fingerprint density at radius 2 is 1.90 bits per heavy atom. The Bertz CT molecular complexity index is 1150. The van der Waals surface area contributed by atoms with Crippen LogP contribution in [0.1, 0.15) is 23.6 Å². The van der Waals surface area contributed by atoms with Gasteiger partial charge in [0.05, 0.1) is 0 Å². The molecule has 0 fully saturated rings. The smallest absolute Gasteiger partial charge is 0.266 e. The maximum absolute atomic E-state index is 13.4. The van der Waals surface area contributed by atoms with Crippen molar-refractivity contribution in [2.24, 2.45) is 0 Å². The number of hydrogen-bond acceptors (Lipinski definition) is 3. The van der Waals surface area contributed by atoms with Crippen molar-refractivity contribution in [1.29, 1.82) is 5.26 Å². The Hall–Kier alpha value is -3.43. The average molecular weight is 479 g/mol. The van der Waals surface area contributed by atoms with E-state index in [-0.39, 0.29) is 18.0 Å². The first-order valence-corrected chi connectivity index (χ1v) is 10.5. The lowest BCUT2D eigenvalue weighted by Gasteiger charge is -2.11. The third-order valence-corrected chi connectivity index (χ3v) is 5.03. The van der Waals surface area contributed by atoms with Gasteiger partial charge in [0.25, 0.3) is 5.91 Å². The van der Waals surface area contributed by atoms with Crippen LogP contribution in [0.3, 0.4) is 0 Å². The van der Waals surface area contributed by atoms with Gasteiger partial charge < -0.3 is 10.1 Å². The molecule has 0 aliphatic carbocycles. The van der Waals surface area contributed by atoms with Gasteiger partial charge in [0.2, 0.25) is 0 Å². The topological polar surface area (TPSA) is 62.1 Å². The fourth-order valence-corrected chi connectivity index (χ4v) is 3.26. The van der Waals surface area contributed by atoms with Crippen molar-refractivity contribution in [2.45, 2.75) is 20.0 Å². The SMILES string of the molecule is CCc1ccc(NC(=O)/C(C#N)=C/c2cc(Br)ccc2OCc2cccc(F)c2)cc1. The van der Waals surface area contributed by atoms with Crippen molar-refractivity contribution >= 4 is 33.6 Å². The molecule has 0 aromatic heterocycles. The predicted molar refractivity (Wildman–Crippen MR) is 123 cm³/mol. The van der Waals surface area contributed by atoms with Gasteiger partial charge in [-0.05, 0) is 66.1 Å². The number of halogens is 2. The van der Waals surface area contributed by atoms with Gasteiger partial charge in [-0.25, -0.2) is 4.39 Å². The average Bonchev–Trinajstić information content (AvgIpc) is 2.77. The third kappa shape index (κ3) is 6.27. The van der Waals surface area contributed by atoms with Gasteiger partial charge in [-0.15, -0.1) is 0 Å². The summed E-state index contributed by atoms with van der Waals surface area (Å²) in [5.74, 6) is -0.379. The molecule has 0 unspecified atom stereocenters. The summed E-state index contributed by atoms with van der Waals surface area (Å²) in [6, 6.07) is 20.8.